The highest BCUT2D eigenvalue weighted by atomic mass is 15.3. The fraction of sp³-hybridized carbons (Fsp3) is 0.200. The largest absolute Gasteiger partial charge is 0.278 e. The van der Waals surface area contributed by atoms with Crippen LogP contribution < -0.4 is 0 Å². The highest BCUT2D eigenvalue weighted by Gasteiger charge is 1.94. The summed E-state index contributed by atoms with van der Waals surface area (Å²) in [5, 5.41) is 2.98. The molecule has 0 spiro atoms. The Labute approximate surface area is 51.5 Å². The number of hydrogen-bond acceptors (Lipinski definition) is 2. The van der Waals surface area contributed by atoms with E-state index in [-0.39, 0.29) is 0 Å². The van der Waals surface area contributed by atoms with Crippen LogP contribution in [0.25, 0.3) is 5.78 Å². The quantitative estimate of drug-likeness (QED) is 0.548. The third kappa shape index (κ3) is 0.526. The van der Waals surface area contributed by atoms with E-state index in [0.717, 1.165) is 11.6 Å². The van der Waals surface area contributed by atoms with Gasteiger partial charge in [0.15, 0.2) is 0 Å². The first kappa shape index (κ1) is 4.55. The molecular weight excluding hydrogens is 116 g/mol. The zero-order valence-electron chi connectivity index (χ0n) is 5.00. The number of nitrogens with one attached hydrogen (secondary N) is 1. The summed E-state index contributed by atoms with van der Waals surface area (Å²) in [6.45, 7) is 1.90. The van der Waals surface area contributed by atoms with Gasteiger partial charge in [-0.05, 0) is 6.92 Å². The van der Waals surface area contributed by atoms with Crippen LogP contribution in [0.4, 0.5) is 0 Å². The van der Waals surface area contributed by atoms with E-state index in [1.807, 2.05) is 13.1 Å². The van der Waals surface area contributed by atoms with Crippen LogP contribution in [0.2, 0.25) is 0 Å². The Morgan fingerprint density at radius 3 is 3.33 bits per heavy atom. The molecule has 1 N–H and O–H groups in total. The number of hydrogen-bond donors (Lipinski definition) is 1. The second-order valence-electron chi connectivity index (χ2n) is 1.91. The summed E-state index contributed by atoms with van der Waals surface area (Å²) in [7, 11) is 0. The van der Waals surface area contributed by atoms with Crippen molar-refractivity contribution in [2.45, 2.75) is 6.92 Å². The lowest BCUT2D eigenvalue weighted by molar-refractivity contribution is 0.940. The summed E-state index contributed by atoms with van der Waals surface area (Å²) in [4.78, 5) is 8.03. The number of rotatable bonds is 0. The molecular formula is C5H6N4. The van der Waals surface area contributed by atoms with Gasteiger partial charge in [0.1, 0.15) is 5.82 Å². The van der Waals surface area contributed by atoms with Crippen molar-refractivity contribution in [1.29, 1.82) is 0 Å². The summed E-state index contributed by atoms with van der Waals surface area (Å²) in [5.41, 5.74) is 0. The Bertz CT molecular complexity index is 290. The van der Waals surface area contributed by atoms with E-state index >= 15 is 0 Å². The fourth-order valence-corrected chi connectivity index (χ4v) is 0.815. The average Bonchev–Trinajstić information content (AvgIpc) is 2.22. The summed E-state index contributed by atoms with van der Waals surface area (Å²) >= 11 is 0. The van der Waals surface area contributed by atoms with E-state index in [4.69, 9.17) is 0 Å². The molecule has 0 radical (unpaired) electrons. The van der Waals surface area contributed by atoms with Crippen LogP contribution in [0, 0.1) is 6.92 Å². The van der Waals surface area contributed by atoms with Gasteiger partial charge in [0, 0.05) is 12.4 Å². The van der Waals surface area contributed by atoms with Gasteiger partial charge < -0.3 is 0 Å². The van der Waals surface area contributed by atoms with Gasteiger partial charge in [-0.2, -0.15) is 4.98 Å². The van der Waals surface area contributed by atoms with Crippen molar-refractivity contribution in [2.75, 3.05) is 0 Å². The van der Waals surface area contributed by atoms with Gasteiger partial charge in [0.05, 0.1) is 0 Å². The monoisotopic (exact) mass is 122 g/mol. The first-order chi connectivity index (χ1) is 4.36. The molecule has 9 heavy (non-hydrogen) atoms. The van der Waals surface area contributed by atoms with Crippen molar-refractivity contribution >= 4 is 5.78 Å². The van der Waals surface area contributed by atoms with Crippen molar-refractivity contribution in [3.8, 4) is 0 Å². The summed E-state index contributed by atoms with van der Waals surface area (Å²) in [5.74, 6) is 1.62. The molecule has 0 amide bonds. The minimum Gasteiger partial charge on any atom is -0.278 e. The maximum atomic E-state index is 4.07. The number of H-pyrrole nitrogens is 1. The zero-order chi connectivity index (χ0) is 6.27. The molecule has 4 heteroatoms. The zero-order valence-corrected chi connectivity index (χ0v) is 5.00. The Morgan fingerprint density at radius 2 is 2.56 bits per heavy atom. The molecule has 0 fully saturated rings. The summed E-state index contributed by atoms with van der Waals surface area (Å²) in [6, 6.07) is 0. The molecule has 4 nitrogen and oxygen atoms in total. The predicted octanol–water partition coefficient (Wildman–Crippen LogP) is 0.366. The molecule has 0 saturated carbocycles. The minimum absolute atomic E-state index is 0.729. The number of fused-ring (bicyclic) bond motifs is 1. The summed E-state index contributed by atoms with van der Waals surface area (Å²) in [6.07, 6.45) is 3.54. The van der Waals surface area contributed by atoms with Crippen LogP contribution in [0.3, 0.4) is 0 Å². The Hall–Kier alpha value is -1.32. The maximum Gasteiger partial charge on any atom is 0.250 e. The van der Waals surface area contributed by atoms with E-state index < -0.39 is 0 Å². The van der Waals surface area contributed by atoms with Crippen molar-refractivity contribution in [1.82, 2.24) is 19.6 Å². The van der Waals surface area contributed by atoms with Crippen LogP contribution in [-0.2, 0) is 0 Å². The van der Waals surface area contributed by atoms with Gasteiger partial charge in [-0.3, -0.25) is 5.10 Å². The molecule has 0 aromatic carbocycles. The van der Waals surface area contributed by atoms with Crippen LogP contribution in [0.15, 0.2) is 12.4 Å². The highest BCUT2D eigenvalue weighted by Crippen LogP contribution is 1.94. The molecule has 2 aromatic rings. The Balaban J connectivity index is 2.92. The molecule has 0 saturated heterocycles. The van der Waals surface area contributed by atoms with Gasteiger partial charge >= 0.3 is 0 Å². The van der Waals surface area contributed by atoms with Gasteiger partial charge in [-0.1, -0.05) is 0 Å². The van der Waals surface area contributed by atoms with E-state index in [0.29, 0.717) is 0 Å². The average molecular weight is 122 g/mol. The lowest BCUT2D eigenvalue weighted by atomic mass is 10.8. The number of aryl methyl sites for hydroxylation is 1. The second-order valence-corrected chi connectivity index (χ2v) is 1.91. The molecule has 0 aliphatic rings. The number of nitrogens with zero attached hydrogens (tertiary/aromatic N) is 3. The van der Waals surface area contributed by atoms with Crippen molar-refractivity contribution in [3.63, 3.8) is 0 Å². The SMILES string of the molecule is Cc1nc2nccn2[nH]1. The third-order valence-corrected chi connectivity index (χ3v) is 1.17. The molecule has 46 valence electrons. The van der Waals surface area contributed by atoms with Crippen molar-refractivity contribution in [2.24, 2.45) is 0 Å². The molecule has 2 heterocycles. The number of aromatic amines is 1. The molecule has 0 unspecified atom stereocenters. The maximum absolute atomic E-state index is 4.07. The fourth-order valence-electron chi connectivity index (χ4n) is 0.815. The lowest BCUT2D eigenvalue weighted by Crippen LogP contribution is -1.78. The number of aromatic nitrogens is 4. The second kappa shape index (κ2) is 1.34. The Kier molecular flexibility index (Phi) is 0.677. The highest BCUT2D eigenvalue weighted by molar-refractivity contribution is 5.25. The van der Waals surface area contributed by atoms with Crippen LogP contribution in [-0.4, -0.2) is 19.6 Å². The van der Waals surface area contributed by atoms with Crippen LogP contribution >= 0.6 is 0 Å². The molecule has 2 rings (SSSR count). The van der Waals surface area contributed by atoms with Gasteiger partial charge in [-0.25, -0.2) is 9.50 Å². The van der Waals surface area contributed by atoms with Crippen molar-refractivity contribution in [3.05, 3.63) is 18.2 Å². The molecule has 0 aliphatic heterocycles. The molecule has 0 bridgehead atoms. The van der Waals surface area contributed by atoms with E-state index in [1.165, 1.54) is 0 Å². The summed E-state index contributed by atoms with van der Waals surface area (Å²) < 4.78 is 1.77. The first-order valence-electron chi connectivity index (χ1n) is 2.72. The van der Waals surface area contributed by atoms with E-state index in [9.17, 15) is 0 Å². The smallest absolute Gasteiger partial charge is 0.250 e. The Morgan fingerprint density at radius 1 is 1.67 bits per heavy atom. The van der Waals surface area contributed by atoms with Gasteiger partial charge in [-0.15, -0.1) is 0 Å². The molecule has 0 atom stereocenters. The predicted molar refractivity (Wildman–Crippen MR) is 32.1 cm³/mol. The van der Waals surface area contributed by atoms with Crippen LogP contribution in [0.5, 0.6) is 0 Å². The molecule has 0 aliphatic carbocycles. The minimum atomic E-state index is 0.729. The standard InChI is InChI=1S/C5H6N4/c1-4-7-5-6-2-3-9(5)8-4/h2-3H,1H3,(H,6,7,8). The molecule has 2 aromatic heterocycles. The first-order valence-corrected chi connectivity index (χ1v) is 2.72. The third-order valence-electron chi connectivity index (χ3n) is 1.17. The topological polar surface area (TPSA) is 46.0 Å². The van der Waals surface area contributed by atoms with E-state index in [2.05, 4.69) is 15.1 Å². The normalized spacial score (nSPS) is 10.8. The van der Waals surface area contributed by atoms with Crippen LogP contribution in [0.1, 0.15) is 5.82 Å². The van der Waals surface area contributed by atoms with Crippen molar-refractivity contribution < 1.29 is 0 Å². The van der Waals surface area contributed by atoms with Gasteiger partial charge in [0.25, 0.3) is 5.78 Å². The lowest BCUT2D eigenvalue weighted by Gasteiger charge is -1.75. The number of imidazole rings is 1. The van der Waals surface area contributed by atoms with E-state index in [1.54, 1.807) is 10.7 Å². The van der Waals surface area contributed by atoms with Gasteiger partial charge in [0.2, 0.25) is 0 Å².